The summed E-state index contributed by atoms with van der Waals surface area (Å²) in [4.78, 5) is 42.7. The molecule has 1 aliphatic carbocycles. The van der Waals surface area contributed by atoms with Crippen LogP contribution < -0.4 is 5.32 Å². The molecule has 6 nitrogen and oxygen atoms in total. The minimum atomic E-state index is -1.58. The Morgan fingerprint density at radius 1 is 0.889 bits per heavy atom. The number of carboxylic acids is 1. The minimum absolute atomic E-state index is 0.128. The summed E-state index contributed by atoms with van der Waals surface area (Å²) in [6.07, 6.45) is 4.78. The molecule has 1 saturated carbocycles. The van der Waals surface area contributed by atoms with Gasteiger partial charge in [0.1, 0.15) is 5.54 Å². The summed E-state index contributed by atoms with van der Waals surface area (Å²) in [5.41, 5.74) is 0.107. The van der Waals surface area contributed by atoms with Gasteiger partial charge in [-0.2, -0.15) is 0 Å². The van der Waals surface area contributed by atoms with Gasteiger partial charge in [-0.05, 0) is 34.7 Å². The zero-order chi connectivity index (χ0) is 24.9. The number of hydrogen-bond acceptors (Lipinski definition) is 4. The molecular weight excluding hydrogens is 452 g/mol. The zero-order valence-corrected chi connectivity index (χ0v) is 20.1. The van der Waals surface area contributed by atoms with Crippen molar-refractivity contribution in [3.63, 3.8) is 0 Å². The summed E-state index contributed by atoms with van der Waals surface area (Å²) in [7, 11) is 0. The largest absolute Gasteiger partial charge is 0.480 e. The number of nitrogens with one attached hydrogen (secondary N) is 1. The number of fused-ring (bicyclic) bond motifs is 2. The number of rotatable bonds is 5. The van der Waals surface area contributed by atoms with Gasteiger partial charge in [-0.15, -0.1) is 0 Å². The predicted molar refractivity (Wildman–Crippen MR) is 136 cm³/mol. The SMILES string of the molecule is O=C1C2C(c3cccc4ccccc34)NC(Cc3ccccc3)(C(=O)O)C2C(=O)N1C1CCCCC1. The molecule has 0 aromatic heterocycles. The average Bonchev–Trinajstić information content (AvgIpc) is 3.38. The molecule has 36 heavy (non-hydrogen) atoms. The van der Waals surface area contributed by atoms with Crippen molar-refractivity contribution in [1.29, 1.82) is 0 Å². The number of imide groups is 1. The highest BCUT2D eigenvalue weighted by molar-refractivity contribution is 6.10. The first kappa shape index (κ1) is 22.9. The van der Waals surface area contributed by atoms with Crippen LogP contribution in [-0.4, -0.2) is 39.4 Å². The summed E-state index contributed by atoms with van der Waals surface area (Å²) in [5.74, 6) is -3.36. The van der Waals surface area contributed by atoms with E-state index in [9.17, 15) is 19.5 Å². The fourth-order valence-electron chi connectivity index (χ4n) is 6.87. The van der Waals surface area contributed by atoms with Gasteiger partial charge in [-0.1, -0.05) is 92.1 Å². The van der Waals surface area contributed by atoms with Crippen molar-refractivity contribution < 1.29 is 19.5 Å². The van der Waals surface area contributed by atoms with Crippen LogP contribution in [-0.2, 0) is 20.8 Å². The standard InChI is InChI=1S/C30H30N2O4/c33-27-24-25(28(34)32(27)21-14-5-2-6-15-21)30(29(35)36,18-19-10-3-1-4-11-19)31-26(24)23-17-9-13-20-12-7-8-16-22(20)23/h1,3-4,7-13,16-17,21,24-26,31H,2,5-6,14-15,18H2,(H,35,36). The molecule has 3 fully saturated rings. The molecule has 4 unspecified atom stereocenters. The number of likely N-dealkylation sites (tertiary alicyclic amines) is 1. The van der Waals surface area contributed by atoms with Gasteiger partial charge in [-0.3, -0.25) is 24.6 Å². The Kier molecular flexibility index (Phi) is 5.64. The van der Waals surface area contributed by atoms with E-state index in [-0.39, 0.29) is 24.3 Å². The van der Waals surface area contributed by atoms with E-state index in [0.29, 0.717) is 0 Å². The first-order chi connectivity index (χ1) is 17.5. The van der Waals surface area contributed by atoms with Crippen molar-refractivity contribution in [3.8, 4) is 0 Å². The van der Waals surface area contributed by atoms with E-state index in [1.807, 2.05) is 72.8 Å². The first-order valence-corrected chi connectivity index (χ1v) is 12.9. The van der Waals surface area contributed by atoms with Crippen LogP contribution >= 0.6 is 0 Å². The lowest BCUT2D eigenvalue weighted by molar-refractivity contribution is -0.152. The molecule has 0 bridgehead atoms. The predicted octanol–water partition coefficient (Wildman–Crippen LogP) is 4.48. The third-order valence-corrected chi connectivity index (χ3v) is 8.49. The van der Waals surface area contributed by atoms with Crippen molar-refractivity contribution in [1.82, 2.24) is 10.2 Å². The molecule has 2 amide bonds. The van der Waals surface area contributed by atoms with Gasteiger partial charge in [0.25, 0.3) is 0 Å². The van der Waals surface area contributed by atoms with Gasteiger partial charge in [0.2, 0.25) is 11.8 Å². The van der Waals surface area contributed by atoms with Crippen LogP contribution in [0.3, 0.4) is 0 Å². The summed E-state index contributed by atoms with van der Waals surface area (Å²) < 4.78 is 0. The summed E-state index contributed by atoms with van der Waals surface area (Å²) in [6, 6.07) is 22.5. The van der Waals surface area contributed by atoms with Gasteiger partial charge in [0, 0.05) is 18.5 Å². The number of carbonyl (C=O) groups is 3. The maximum Gasteiger partial charge on any atom is 0.325 e. The highest BCUT2D eigenvalue weighted by atomic mass is 16.4. The Hall–Kier alpha value is -3.51. The van der Waals surface area contributed by atoms with Gasteiger partial charge in [0.05, 0.1) is 11.8 Å². The van der Waals surface area contributed by atoms with E-state index in [1.54, 1.807) is 0 Å². The Morgan fingerprint density at radius 3 is 2.33 bits per heavy atom. The molecule has 3 aromatic carbocycles. The molecule has 2 heterocycles. The van der Waals surface area contributed by atoms with E-state index in [4.69, 9.17) is 0 Å². The molecular formula is C30H30N2O4. The Labute approximate surface area is 210 Å². The lowest BCUT2D eigenvalue weighted by Crippen LogP contribution is -2.58. The molecule has 0 radical (unpaired) electrons. The van der Waals surface area contributed by atoms with Crippen molar-refractivity contribution in [2.45, 2.75) is 56.1 Å². The smallest absolute Gasteiger partial charge is 0.325 e. The van der Waals surface area contributed by atoms with Crippen LogP contribution in [0.2, 0.25) is 0 Å². The third kappa shape index (κ3) is 3.46. The number of carboxylic acid groups (broad SMARTS) is 1. The monoisotopic (exact) mass is 482 g/mol. The first-order valence-electron chi connectivity index (χ1n) is 12.9. The van der Waals surface area contributed by atoms with E-state index >= 15 is 0 Å². The molecule has 184 valence electrons. The maximum atomic E-state index is 14.1. The molecule has 2 saturated heterocycles. The molecule has 6 heteroatoms. The normalized spacial score (nSPS) is 28.6. The van der Waals surface area contributed by atoms with Gasteiger partial charge >= 0.3 is 5.97 Å². The average molecular weight is 483 g/mol. The fraction of sp³-hybridized carbons (Fsp3) is 0.367. The lowest BCUT2D eigenvalue weighted by atomic mass is 9.76. The number of aliphatic carboxylic acids is 1. The second-order valence-corrected chi connectivity index (χ2v) is 10.5. The molecule has 6 rings (SSSR count). The highest BCUT2D eigenvalue weighted by Gasteiger charge is 2.69. The highest BCUT2D eigenvalue weighted by Crippen LogP contribution is 2.52. The van der Waals surface area contributed by atoms with Gasteiger partial charge < -0.3 is 5.11 Å². The van der Waals surface area contributed by atoms with E-state index < -0.39 is 29.4 Å². The van der Waals surface area contributed by atoms with Crippen molar-refractivity contribution in [2.75, 3.05) is 0 Å². The second kappa shape index (κ2) is 8.86. The molecule has 0 spiro atoms. The number of benzene rings is 3. The molecule has 4 atom stereocenters. The van der Waals surface area contributed by atoms with Crippen molar-refractivity contribution in [2.24, 2.45) is 11.8 Å². The number of carbonyl (C=O) groups excluding carboxylic acids is 2. The van der Waals surface area contributed by atoms with E-state index in [0.717, 1.165) is 54.0 Å². The summed E-state index contributed by atoms with van der Waals surface area (Å²) >= 11 is 0. The van der Waals surface area contributed by atoms with Gasteiger partial charge in [0.15, 0.2) is 0 Å². The third-order valence-electron chi connectivity index (χ3n) is 8.49. The Balaban J connectivity index is 1.51. The number of amides is 2. The zero-order valence-electron chi connectivity index (χ0n) is 20.1. The minimum Gasteiger partial charge on any atom is -0.480 e. The topological polar surface area (TPSA) is 86.7 Å². The van der Waals surface area contributed by atoms with Crippen LogP contribution in [0.15, 0.2) is 72.8 Å². The molecule has 2 aliphatic heterocycles. The molecule has 2 N–H and O–H groups in total. The fourth-order valence-corrected chi connectivity index (χ4v) is 6.87. The maximum absolute atomic E-state index is 14.1. The Bertz CT molecular complexity index is 1330. The number of hydrogen-bond donors (Lipinski definition) is 2. The van der Waals surface area contributed by atoms with Crippen LogP contribution in [0.25, 0.3) is 10.8 Å². The van der Waals surface area contributed by atoms with Crippen LogP contribution in [0.4, 0.5) is 0 Å². The van der Waals surface area contributed by atoms with Crippen LogP contribution in [0.1, 0.15) is 49.3 Å². The lowest BCUT2D eigenvalue weighted by Gasteiger charge is -2.34. The van der Waals surface area contributed by atoms with Gasteiger partial charge in [-0.25, -0.2) is 0 Å². The quantitative estimate of drug-likeness (QED) is 0.524. The van der Waals surface area contributed by atoms with E-state index in [1.165, 1.54) is 4.90 Å². The number of nitrogens with zero attached hydrogens (tertiary/aromatic N) is 1. The second-order valence-electron chi connectivity index (χ2n) is 10.5. The summed E-state index contributed by atoms with van der Waals surface area (Å²) in [6.45, 7) is 0. The van der Waals surface area contributed by atoms with Crippen LogP contribution in [0.5, 0.6) is 0 Å². The van der Waals surface area contributed by atoms with Crippen molar-refractivity contribution in [3.05, 3.63) is 83.9 Å². The van der Waals surface area contributed by atoms with Crippen LogP contribution in [0, 0.1) is 11.8 Å². The Morgan fingerprint density at radius 2 is 1.58 bits per heavy atom. The summed E-state index contributed by atoms with van der Waals surface area (Å²) in [5, 5.41) is 16.1. The van der Waals surface area contributed by atoms with Crippen molar-refractivity contribution >= 4 is 28.6 Å². The molecule has 3 aromatic rings. The van der Waals surface area contributed by atoms with E-state index in [2.05, 4.69) is 5.32 Å². The molecule has 3 aliphatic rings.